The molecule has 0 spiro atoms. The van der Waals surface area contributed by atoms with Crippen molar-refractivity contribution in [2.75, 3.05) is 7.05 Å². The van der Waals surface area contributed by atoms with Crippen molar-refractivity contribution < 1.29 is 9.90 Å². The zero-order valence-electron chi connectivity index (χ0n) is 12.1. The van der Waals surface area contributed by atoms with Crippen LogP contribution in [-0.4, -0.2) is 29.0 Å². The molecule has 2 rings (SSSR count). The third kappa shape index (κ3) is 3.51. The third-order valence-corrected chi connectivity index (χ3v) is 4.16. The Kier molecular flexibility index (Phi) is 5.01. The van der Waals surface area contributed by atoms with E-state index in [1.807, 2.05) is 12.1 Å². The molecule has 1 saturated carbocycles. The van der Waals surface area contributed by atoms with Gasteiger partial charge in [-0.1, -0.05) is 37.5 Å². The first-order valence-corrected chi connectivity index (χ1v) is 7.37. The summed E-state index contributed by atoms with van der Waals surface area (Å²) in [5.41, 5.74) is 6.91. The average Bonchev–Trinajstić information content (AvgIpc) is 2.65. The predicted molar refractivity (Wildman–Crippen MR) is 79.1 cm³/mol. The number of rotatable bonds is 3. The summed E-state index contributed by atoms with van der Waals surface area (Å²) in [5, 5.41) is 9.79. The summed E-state index contributed by atoms with van der Waals surface area (Å²) >= 11 is 0. The van der Waals surface area contributed by atoms with Gasteiger partial charge < -0.3 is 15.7 Å². The number of nitrogens with two attached hydrogens (primary N) is 1. The van der Waals surface area contributed by atoms with Crippen LogP contribution in [0.4, 0.5) is 0 Å². The molecule has 0 bridgehead atoms. The van der Waals surface area contributed by atoms with Gasteiger partial charge in [0.25, 0.3) is 0 Å². The van der Waals surface area contributed by atoms with Gasteiger partial charge in [-0.2, -0.15) is 0 Å². The molecule has 1 aromatic carbocycles. The molecular formula is C16H24N2O2. The maximum Gasteiger partial charge on any atom is 0.227 e. The highest BCUT2D eigenvalue weighted by atomic mass is 16.3. The lowest BCUT2D eigenvalue weighted by molar-refractivity contribution is -0.135. The molecule has 1 amide bonds. The van der Waals surface area contributed by atoms with E-state index in [9.17, 15) is 9.90 Å². The van der Waals surface area contributed by atoms with Crippen LogP contribution >= 0.6 is 0 Å². The Hall–Kier alpha value is -1.55. The highest BCUT2D eigenvalue weighted by Crippen LogP contribution is 2.25. The monoisotopic (exact) mass is 276 g/mol. The summed E-state index contributed by atoms with van der Waals surface area (Å²) in [7, 11) is 1.78. The Labute approximate surface area is 120 Å². The van der Waals surface area contributed by atoms with Gasteiger partial charge in [0.15, 0.2) is 0 Å². The van der Waals surface area contributed by atoms with E-state index in [2.05, 4.69) is 0 Å². The summed E-state index contributed by atoms with van der Waals surface area (Å²) < 4.78 is 0. The fourth-order valence-corrected chi connectivity index (χ4v) is 2.90. The van der Waals surface area contributed by atoms with Gasteiger partial charge >= 0.3 is 0 Å². The fourth-order valence-electron chi connectivity index (χ4n) is 2.90. The topological polar surface area (TPSA) is 66.6 Å². The number of amides is 1. The molecule has 1 fully saturated rings. The summed E-state index contributed by atoms with van der Waals surface area (Å²) in [6.45, 7) is 0.425. The molecule has 1 aliphatic rings. The molecule has 2 atom stereocenters. The zero-order valence-corrected chi connectivity index (χ0v) is 12.1. The van der Waals surface area contributed by atoms with Crippen molar-refractivity contribution >= 4 is 5.91 Å². The van der Waals surface area contributed by atoms with Crippen molar-refractivity contribution in [2.45, 2.75) is 44.7 Å². The Morgan fingerprint density at radius 1 is 1.30 bits per heavy atom. The third-order valence-electron chi connectivity index (χ3n) is 4.16. The Morgan fingerprint density at radius 2 is 2.00 bits per heavy atom. The Bertz CT molecular complexity index is 462. The molecule has 0 heterocycles. The van der Waals surface area contributed by atoms with E-state index >= 15 is 0 Å². The molecular weight excluding hydrogens is 252 g/mol. The van der Waals surface area contributed by atoms with E-state index in [1.54, 1.807) is 24.1 Å². The van der Waals surface area contributed by atoms with Gasteiger partial charge in [-0.3, -0.25) is 4.79 Å². The number of benzene rings is 1. The van der Waals surface area contributed by atoms with Gasteiger partial charge in [0.2, 0.25) is 5.91 Å². The van der Waals surface area contributed by atoms with Gasteiger partial charge in [0.05, 0.1) is 5.92 Å². The van der Waals surface area contributed by atoms with Gasteiger partial charge in [-0.15, -0.1) is 0 Å². The largest absolute Gasteiger partial charge is 0.508 e. The summed E-state index contributed by atoms with van der Waals surface area (Å²) in [6.07, 6.45) is 5.18. The van der Waals surface area contributed by atoms with Crippen LogP contribution in [0.25, 0.3) is 0 Å². The van der Waals surface area contributed by atoms with Gasteiger partial charge in [0.1, 0.15) is 5.75 Å². The van der Waals surface area contributed by atoms with E-state index in [-0.39, 0.29) is 23.6 Å². The summed E-state index contributed by atoms with van der Waals surface area (Å²) in [6, 6.07) is 7.10. The lowest BCUT2D eigenvalue weighted by Gasteiger charge is -2.26. The van der Waals surface area contributed by atoms with Crippen LogP contribution in [0.1, 0.15) is 37.7 Å². The zero-order chi connectivity index (χ0) is 14.5. The molecule has 110 valence electrons. The lowest BCUT2D eigenvalue weighted by Crippen LogP contribution is -2.41. The molecule has 0 aromatic heterocycles. The average molecular weight is 276 g/mol. The SMILES string of the molecule is CN(Cc1ccccc1O)C(=O)C1CCCCCC1N. The maximum atomic E-state index is 12.5. The molecule has 1 aromatic rings. The highest BCUT2D eigenvalue weighted by molar-refractivity contribution is 5.79. The highest BCUT2D eigenvalue weighted by Gasteiger charge is 2.29. The summed E-state index contributed by atoms with van der Waals surface area (Å²) in [4.78, 5) is 14.2. The number of aromatic hydroxyl groups is 1. The quantitative estimate of drug-likeness (QED) is 0.832. The maximum absolute atomic E-state index is 12.5. The second-order valence-corrected chi connectivity index (χ2v) is 5.73. The first-order valence-electron chi connectivity index (χ1n) is 7.37. The minimum Gasteiger partial charge on any atom is -0.508 e. The van der Waals surface area contributed by atoms with Crippen molar-refractivity contribution in [2.24, 2.45) is 11.7 Å². The Balaban J connectivity index is 2.02. The predicted octanol–water partition coefficient (Wildman–Crippen LogP) is 2.26. The van der Waals surface area contributed by atoms with Crippen molar-refractivity contribution in [1.29, 1.82) is 0 Å². The minimum atomic E-state index is -0.0756. The van der Waals surface area contributed by atoms with E-state index in [0.717, 1.165) is 31.2 Å². The molecule has 3 N–H and O–H groups in total. The first kappa shape index (κ1) is 14.9. The van der Waals surface area contributed by atoms with Crippen LogP contribution in [-0.2, 0) is 11.3 Å². The number of para-hydroxylation sites is 1. The van der Waals surface area contributed by atoms with E-state index in [4.69, 9.17) is 5.73 Å². The molecule has 4 heteroatoms. The summed E-state index contributed by atoms with van der Waals surface area (Å²) in [5.74, 6) is 0.258. The van der Waals surface area contributed by atoms with E-state index in [0.29, 0.717) is 6.54 Å². The number of phenols is 1. The number of carbonyl (C=O) groups excluding carboxylic acids is 1. The van der Waals surface area contributed by atoms with Crippen LogP contribution in [0, 0.1) is 5.92 Å². The normalized spacial score (nSPS) is 23.1. The number of hydrogen-bond acceptors (Lipinski definition) is 3. The van der Waals surface area contributed by atoms with Gasteiger partial charge in [-0.05, 0) is 18.9 Å². The molecule has 4 nitrogen and oxygen atoms in total. The number of phenolic OH excluding ortho intramolecular Hbond substituents is 1. The second-order valence-electron chi connectivity index (χ2n) is 5.73. The van der Waals surface area contributed by atoms with Crippen LogP contribution in [0.2, 0.25) is 0 Å². The van der Waals surface area contributed by atoms with Gasteiger partial charge in [-0.25, -0.2) is 0 Å². The van der Waals surface area contributed by atoms with Crippen LogP contribution < -0.4 is 5.73 Å². The number of nitrogens with zero attached hydrogens (tertiary/aromatic N) is 1. The van der Waals surface area contributed by atoms with Crippen LogP contribution in [0.15, 0.2) is 24.3 Å². The van der Waals surface area contributed by atoms with E-state index < -0.39 is 0 Å². The van der Waals surface area contributed by atoms with Crippen molar-refractivity contribution in [3.63, 3.8) is 0 Å². The number of carbonyl (C=O) groups is 1. The first-order chi connectivity index (χ1) is 9.59. The van der Waals surface area contributed by atoms with E-state index in [1.165, 1.54) is 6.42 Å². The second kappa shape index (κ2) is 6.75. The molecule has 0 aliphatic heterocycles. The smallest absolute Gasteiger partial charge is 0.227 e. The molecule has 20 heavy (non-hydrogen) atoms. The van der Waals surface area contributed by atoms with Crippen molar-refractivity contribution in [3.05, 3.63) is 29.8 Å². The Morgan fingerprint density at radius 3 is 2.75 bits per heavy atom. The molecule has 1 aliphatic carbocycles. The van der Waals surface area contributed by atoms with Crippen LogP contribution in [0.5, 0.6) is 5.75 Å². The lowest BCUT2D eigenvalue weighted by atomic mass is 9.94. The van der Waals surface area contributed by atoms with Gasteiger partial charge in [0, 0.05) is 25.2 Å². The molecule has 0 radical (unpaired) electrons. The van der Waals surface area contributed by atoms with Crippen molar-refractivity contribution in [3.8, 4) is 5.75 Å². The van der Waals surface area contributed by atoms with Crippen LogP contribution in [0.3, 0.4) is 0 Å². The fraction of sp³-hybridized carbons (Fsp3) is 0.562. The number of hydrogen-bond donors (Lipinski definition) is 2. The van der Waals surface area contributed by atoms with Crippen molar-refractivity contribution in [1.82, 2.24) is 4.90 Å². The molecule has 2 unspecified atom stereocenters. The standard InChI is InChI=1S/C16H24N2O2/c1-18(11-12-7-5-6-10-15(12)19)16(20)13-8-3-2-4-9-14(13)17/h5-7,10,13-14,19H,2-4,8-9,11,17H2,1H3. The minimum absolute atomic E-state index is 0.0307. The molecule has 0 saturated heterocycles.